The van der Waals surface area contributed by atoms with Crippen molar-refractivity contribution in [3.8, 4) is 11.4 Å². The standard InChI is InChI=1S/C16H15BrN4O2/c1-23-9-7-18-16(22)11-6-8-21-14(10-11)19-20-15(21)12-4-2-3-5-13(12)17/h2-6,8,10H,7,9H2,1H3,(H,18,22). The van der Waals surface area contributed by atoms with Crippen LogP contribution in [0.4, 0.5) is 0 Å². The number of amides is 1. The van der Waals surface area contributed by atoms with Crippen molar-refractivity contribution in [1.29, 1.82) is 0 Å². The van der Waals surface area contributed by atoms with Crippen molar-refractivity contribution in [2.75, 3.05) is 20.3 Å². The van der Waals surface area contributed by atoms with Crippen LogP contribution in [0.15, 0.2) is 47.1 Å². The average Bonchev–Trinajstić information content (AvgIpc) is 2.98. The van der Waals surface area contributed by atoms with Gasteiger partial charge in [0.1, 0.15) is 0 Å². The minimum atomic E-state index is -0.157. The number of aromatic nitrogens is 3. The molecule has 0 aliphatic rings. The number of hydrogen-bond acceptors (Lipinski definition) is 4. The number of benzene rings is 1. The first kappa shape index (κ1) is 15.6. The molecule has 6 nitrogen and oxygen atoms in total. The smallest absolute Gasteiger partial charge is 0.251 e. The molecule has 0 saturated carbocycles. The largest absolute Gasteiger partial charge is 0.383 e. The first-order chi connectivity index (χ1) is 11.2. The van der Waals surface area contributed by atoms with E-state index in [1.807, 2.05) is 28.7 Å². The molecule has 3 aromatic rings. The molecule has 0 atom stereocenters. The Morgan fingerprint density at radius 3 is 2.91 bits per heavy atom. The molecular weight excluding hydrogens is 360 g/mol. The van der Waals surface area contributed by atoms with Gasteiger partial charge in [0.2, 0.25) is 0 Å². The summed E-state index contributed by atoms with van der Waals surface area (Å²) >= 11 is 3.52. The Balaban J connectivity index is 1.92. The van der Waals surface area contributed by atoms with Gasteiger partial charge in [0.05, 0.1) is 6.61 Å². The maximum Gasteiger partial charge on any atom is 0.251 e. The predicted octanol–water partition coefficient (Wildman–Crippen LogP) is 2.54. The second-order valence-electron chi connectivity index (χ2n) is 4.90. The van der Waals surface area contributed by atoms with Crippen molar-refractivity contribution in [3.05, 3.63) is 52.6 Å². The molecule has 0 spiro atoms. The fourth-order valence-corrected chi connectivity index (χ4v) is 2.69. The van der Waals surface area contributed by atoms with E-state index in [9.17, 15) is 4.79 Å². The number of rotatable bonds is 5. The molecule has 7 heteroatoms. The molecule has 118 valence electrons. The Morgan fingerprint density at radius 2 is 2.13 bits per heavy atom. The van der Waals surface area contributed by atoms with Crippen molar-refractivity contribution in [3.63, 3.8) is 0 Å². The van der Waals surface area contributed by atoms with Gasteiger partial charge in [-0.15, -0.1) is 10.2 Å². The lowest BCUT2D eigenvalue weighted by Crippen LogP contribution is -2.26. The Labute approximate surface area is 141 Å². The maximum absolute atomic E-state index is 12.1. The highest BCUT2D eigenvalue weighted by atomic mass is 79.9. The van der Waals surface area contributed by atoms with E-state index in [2.05, 4.69) is 31.4 Å². The summed E-state index contributed by atoms with van der Waals surface area (Å²) in [5.74, 6) is 0.564. The van der Waals surface area contributed by atoms with Gasteiger partial charge in [-0.25, -0.2) is 0 Å². The summed E-state index contributed by atoms with van der Waals surface area (Å²) in [6.45, 7) is 0.945. The third-order valence-corrected chi connectivity index (χ3v) is 4.07. The molecule has 0 bridgehead atoms. The van der Waals surface area contributed by atoms with Gasteiger partial charge in [-0.1, -0.05) is 34.1 Å². The Hall–Kier alpha value is -2.25. The average molecular weight is 375 g/mol. The van der Waals surface area contributed by atoms with Crippen LogP contribution < -0.4 is 5.32 Å². The number of methoxy groups -OCH3 is 1. The summed E-state index contributed by atoms with van der Waals surface area (Å²) in [4.78, 5) is 12.1. The van der Waals surface area contributed by atoms with Crippen molar-refractivity contribution >= 4 is 27.5 Å². The van der Waals surface area contributed by atoms with Gasteiger partial charge in [0.25, 0.3) is 5.91 Å². The van der Waals surface area contributed by atoms with Crippen molar-refractivity contribution in [1.82, 2.24) is 19.9 Å². The van der Waals surface area contributed by atoms with Crippen LogP contribution in [0, 0.1) is 0 Å². The van der Waals surface area contributed by atoms with Gasteiger partial charge >= 0.3 is 0 Å². The number of carbonyl (C=O) groups is 1. The summed E-state index contributed by atoms with van der Waals surface area (Å²) in [6.07, 6.45) is 1.80. The molecule has 23 heavy (non-hydrogen) atoms. The third kappa shape index (κ3) is 3.25. The van der Waals surface area contributed by atoms with Crippen LogP contribution >= 0.6 is 15.9 Å². The van der Waals surface area contributed by atoms with Gasteiger partial charge in [-0.2, -0.15) is 0 Å². The molecular formula is C16H15BrN4O2. The Morgan fingerprint density at radius 1 is 1.30 bits per heavy atom. The highest BCUT2D eigenvalue weighted by Crippen LogP contribution is 2.26. The van der Waals surface area contributed by atoms with Crippen LogP contribution in [0.1, 0.15) is 10.4 Å². The number of nitrogens with zero attached hydrogens (tertiary/aromatic N) is 3. The molecule has 2 heterocycles. The molecule has 0 aliphatic carbocycles. The maximum atomic E-state index is 12.1. The number of ether oxygens (including phenoxy) is 1. The first-order valence-corrected chi connectivity index (χ1v) is 7.87. The number of nitrogens with one attached hydrogen (secondary N) is 1. The number of hydrogen-bond donors (Lipinski definition) is 1. The zero-order valence-corrected chi connectivity index (χ0v) is 14.1. The lowest BCUT2D eigenvalue weighted by atomic mass is 10.2. The van der Waals surface area contributed by atoms with E-state index < -0.39 is 0 Å². The second kappa shape index (κ2) is 6.89. The van der Waals surface area contributed by atoms with E-state index in [-0.39, 0.29) is 5.91 Å². The predicted molar refractivity (Wildman–Crippen MR) is 90.3 cm³/mol. The summed E-state index contributed by atoms with van der Waals surface area (Å²) in [6, 6.07) is 11.3. The molecule has 0 aliphatic heterocycles. The van der Waals surface area contributed by atoms with Crippen LogP contribution in [-0.4, -0.2) is 40.8 Å². The fourth-order valence-electron chi connectivity index (χ4n) is 2.23. The molecule has 0 saturated heterocycles. The van der Waals surface area contributed by atoms with Crippen LogP contribution in [0.25, 0.3) is 17.0 Å². The van der Waals surface area contributed by atoms with Gasteiger partial charge < -0.3 is 10.1 Å². The summed E-state index contributed by atoms with van der Waals surface area (Å²) < 4.78 is 7.71. The quantitative estimate of drug-likeness (QED) is 0.696. The van der Waals surface area contributed by atoms with E-state index in [0.29, 0.717) is 24.4 Å². The van der Waals surface area contributed by atoms with E-state index in [0.717, 1.165) is 15.9 Å². The lowest BCUT2D eigenvalue weighted by molar-refractivity contribution is 0.0937. The van der Waals surface area contributed by atoms with Crippen molar-refractivity contribution in [2.45, 2.75) is 0 Å². The fraction of sp³-hybridized carbons (Fsp3) is 0.188. The number of carbonyl (C=O) groups excluding carboxylic acids is 1. The zero-order valence-electron chi connectivity index (χ0n) is 12.5. The topological polar surface area (TPSA) is 68.5 Å². The third-order valence-electron chi connectivity index (χ3n) is 3.38. The molecule has 1 aromatic carbocycles. The van der Waals surface area contributed by atoms with Crippen LogP contribution in [0.3, 0.4) is 0 Å². The van der Waals surface area contributed by atoms with E-state index >= 15 is 0 Å². The highest BCUT2D eigenvalue weighted by Gasteiger charge is 2.13. The van der Waals surface area contributed by atoms with E-state index in [4.69, 9.17) is 4.74 Å². The molecule has 2 aromatic heterocycles. The Kier molecular flexibility index (Phi) is 4.68. The summed E-state index contributed by atoms with van der Waals surface area (Å²) in [5, 5.41) is 11.2. The minimum Gasteiger partial charge on any atom is -0.383 e. The second-order valence-corrected chi connectivity index (χ2v) is 5.75. The molecule has 0 radical (unpaired) electrons. The summed E-state index contributed by atoms with van der Waals surface area (Å²) in [7, 11) is 1.59. The van der Waals surface area contributed by atoms with E-state index in [1.165, 1.54) is 0 Å². The Bertz CT molecular complexity index is 847. The van der Waals surface area contributed by atoms with Crippen LogP contribution in [0.5, 0.6) is 0 Å². The van der Waals surface area contributed by atoms with Gasteiger partial charge in [0.15, 0.2) is 11.5 Å². The summed E-state index contributed by atoms with van der Waals surface area (Å²) in [5.41, 5.74) is 2.10. The molecule has 0 fully saturated rings. The number of fused-ring (bicyclic) bond motifs is 1. The first-order valence-electron chi connectivity index (χ1n) is 7.07. The molecule has 1 N–H and O–H groups in total. The number of pyridine rings is 1. The molecule has 1 amide bonds. The van der Waals surface area contributed by atoms with Gasteiger partial charge in [0, 0.05) is 35.5 Å². The zero-order chi connectivity index (χ0) is 16.2. The van der Waals surface area contributed by atoms with E-state index in [1.54, 1.807) is 25.4 Å². The monoisotopic (exact) mass is 374 g/mol. The number of halogens is 1. The van der Waals surface area contributed by atoms with Crippen molar-refractivity contribution < 1.29 is 9.53 Å². The highest BCUT2D eigenvalue weighted by molar-refractivity contribution is 9.10. The van der Waals surface area contributed by atoms with Gasteiger partial charge in [-0.05, 0) is 18.2 Å². The molecule has 3 rings (SSSR count). The SMILES string of the molecule is COCCNC(=O)c1ccn2c(-c3ccccc3Br)nnc2c1. The minimum absolute atomic E-state index is 0.157. The lowest BCUT2D eigenvalue weighted by Gasteiger charge is -2.06. The van der Waals surface area contributed by atoms with Crippen LogP contribution in [0.2, 0.25) is 0 Å². The van der Waals surface area contributed by atoms with Crippen LogP contribution in [-0.2, 0) is 4.74 Å². The van der Waals surface area contributed by atoms with Gasteiger partial charge in [-0.3, -0.25) is 9.20 Å². The van der Waals surface area contributed by atoms with Crippen molar-refractivity contribution in [2.24, 2.45) is 0 Å². The normalized spacial score (nSPS) is 10.9. The molecule has 0 unspecified atom stereocenters.